The van der Waals surface area contributed by atoms with E-state index in [1.807, 2.05) is 29.2 Å². The Morgan fingerprint density at radius 3 is 2.32 bits per heavy atom. The Kier molecular flexibility index (Phi) is 6.06. The number of benzene rings is 3. The van der Waals surface area contributed by atoms with Gasteiger partial charge in [0, 0.05) is 49.7 Å². The quantitative estimate of drug-likeness (QED) is 0.540. The average Bonchev–Trinajstić information content (AvgIpc) is 3.28. The summed E-state index contributed by atoms with van der Waals surface area (Å²) in [6.07, 6.45) is 0.763. The van der Waals surface area contributed by atoms with Gasteiger partial charge in [-0.3, -0.25) is 4.79 Å². The molecular formula is C25H23ClFN3O3S. The van der Waals surface area contributed by atoms with E-state index < -0.39 is 10.0 Å². The van der Waals surface area contributed by atoms with Gasteiger partial charge in [-0.15, -0.1) is 0 Å². The Morgan fingerprint density at radius 1 is 0.882 bits per heavy atom. The van der Waals surface area contributed by atoms with Crippen molar-refractivity contribution < 1.29 is 17.6 Å². The molecule has 0 atom stereocenters. The highest BCUT2D eigenvalue weighted by Gasteiger charge is 2.32. The third-order valence-corrected chi connectivity index (χ3v) is 8.74. The van der Waals surface area contributed by atoms with Crippen LogP contribution in [0.15, 0.2) is 71.6 Å². The number of piperazine rings is 1. The van der Waals surface area contributed by atoms with Gasteiger partial charge < -0.3 is 9.80 Å². The topological polar surface area (TPSA) is 60.9 Å². The Bertz CT molecular complexity index is 1340. The summed E-state index contributed by atoms with van der Waals surface area (Å²) in [5.41, 5.74) is 3.07. The first-order valence-corrected chi connectivity index (χ1v) is 12.9. The Hall–Kier alpha value is -2.94. The first kappa shape index (κ1) is 22.8. The summed E-state index contributed by atoms with van der Waals surface area (Å²) in [5.74, 6) is -0.564. The highest BCUT2D eigenvalue weighted by atomic mass is 35.5. The van der Waals surface area contributed by atoms with E-state index in [1.54, 1.807) is 23.1 Å². The molecule has 0 N–H and O–H groups in total. The third-order valence-electron chi connectivity index (χ3n) is 6.36. The molecule has 6 nitrogen and oxygen atoms in total. The molecule has 0 spiro atoms. The maximum Gasteiger partial charge on any atom is 0.258 e. The van der Waals surface area contributed by atoms with Crippen molar-refractivity contribution in [1.29, 1.82) is 0 Å². The minimum atomic E-state index is -3.90. The number of sulfonamides is 1. The fraction of sp³-hybridized carbons (Fsp3) is 0.240. The average molecular weight is 500 g/mol. The normalized spacial score (nSPS) is 16.5. The Morgan fingerprint density at radius 2 is 1.59 bits per heavy atom. The molecule has 1 fully saturated rings. The number of fused-ring (bicyclic) bond motifs is 1. The molecule has 2 aliphatic rings. The van der Waals surface area contributed by atoms with Gasteiger partial charge in [0.2, 0.25) is 10.0 Å². The maximum atomic E-state index is 13.4. The zero-order valence-corrected chi connectivity index (χ0v) is 19.9. The van der Waals surface area contributed by atoms with Crippen LogP contribution in [0.1, 0.15) is 15.9 Å². The van der Waals surface area contributed by atoms with Crippen molar-refractivity contribution in [2.45, 2.75) is 11.3 Å². The van der Waals surface area contributed by atoms with Crippen LogP contribution < -0.4 is 9.80 Å². The number of para-hydroxylation sites is 1. The second kappa shape index (κ2) is 9.02. The van der Waals surface area contributed by atoms with Crippen LogP contribution in [0, 0.1) is 5.82 Å². The smallest absolute Gasteiger partial charge is 0.258 e. The Labute approximate surface area is 203 Å². The summed E-state index contributed by atoms with van der Waals surface area (Å²) >= 11 is 6.31. The van der Waals surface area contributed by atoms with Crippen LogP contribution in [-0.2, 0) is 16.4 Å². The van der Waals surface area contributed by atoms with Gasteiger partial charge in [-0.25, -0.2) is 12.8 Å². The predicted molar refractivity (Wildman–Crippen MR) is 131 cm³/mol. The lowest BCUT2D eigenvalue weighted by molar-refractivity contribution is 0.0989. The van der Waals surface area contributed by atoms with Crippen molar-refractivity contribution in [3.05, 3.63) is 88.7 Å². The van der Waals surface area contributed by atoms with Crippen LogP contribution in [0.25, 0.3) is 0 Å². The molecule has 5 rings (SSSR count). The second-order valence-electron chi connectivity index (χ2n) is 8.35. The Balaban J connectivity index is 1.36. The van der Waals surface area contributed by atoms with E-state index in [1.165, 1.54) is 28.6 Å². The van der Waals surface area contributed by atoms with Gasteiger partial charge in [-0.2, -0.15) is 4.31 Å². The van der Waals surface area contributed by atoms with Gasteiger partial charge in [-0.05, 0) is 60.5 Å². The van der Waals surface area contributed by atoms with E-state index in [4.69, 9.17) is 11.6 Å². The van der Waals surface area contributed by atoms with Crippen LogP contribution in [0.3, 0.4) is 0 Å². The zero-order chi connectivity index (χ0) is 23.9. The molecule has 0 aromatic heterocycles. The number of carbonyl (C=O) groups is 1. The fourth-order valence-corrected chi connectivity index (χ4v) is 6.44. The second-order valence-corrected chi connectivity index (χ2v) is 10.7. The van der Waals surface area contributed by atoms with Crippen LogP contribution in [0.5, 0.6) is 0 Å². The molecule has 1 saturated heterocycles. The van der Waals surface area contributed by atoms with Gasteiger partial charge in [-0.1, -0.05) is 29.8 Å². The lowest BCUT2D eigenvalue weighted by atomic mass is 10.1. The van der Waals surface area contributed by atoms with E-state index in [0.717, 1.165) is 23.4 Å². The van der Waals surface area contributed by atoms with Gasteiger partial charge in [0.25, 0.3) is 5.91 Å². The van der Waals surface area contributed by atoms with Crippen molar-refractivity contribution in [3.8, 4) is 0 Å². The van der Waals surface area contributed by atoms with Gasteiger partial charge >= 0.3 is 0 Å². The summed E-state index contributed by atoms with van der Waals surface area (Å²) in [4.78, 5) is 16.9. The van der Waals surface area contributed by atoms with Gasteiger partial charge in [0.05, 0.1) is 5.02 Å². The molecular weight excluding hydrogens is 477 g/mol. The van der Waals surface area contributed by atoms with Crippen LogP contribution >= 0.6 is 11.6 Å². The zero-order valence-electron chi connectivity index (χ0n) is 18.3. The summed E-state index contributed by atoms with van der Waals surface area (Å²) in [6, 6.07) is 18.3. The highest BCUT2D eigenvalue weighted by Crippen LogP contribution is 2.31. The van der Waals surface area contributed by atoms with E-state index in [2.05, 4.69) is 0 Å². The molecule has 0 radical (unpaired) electrons. The number of hydrogen-bond acceptors (Lipinski definition) is 4. The monoisotopic (exact) mass is 499 g/mol. The molecule has 3 aromatic carbocycles. The molecule has 176 valence electrons. The van der Waals surface area contributed by atoms with Crippen molar-refractivity contribution in [3.63, 3.8) is 0 Å². The third kappa shape index (κ3) is 4.17. The first-order chi connectivity index (χ1) is 16.3. The van der Waals surface area contributed by atoms with Gasteiger partial charge in [0.15, 0.2) is 0 Å². The van der Waals surface area contributed by atoms with Crippen molar-refractivity contribution in [2.75, 3.05) is 42.5 Å². The lowest BCUT2D eigenvalue weighted by Gasteiger charge is -2.35. The summed E-state index contributed by atoms with van der Waals surface area (Å²) in [5, 5.41) is 0.0827. The van der Waals surface area contributed by atoms with E-state index in [-0.39, 0.29) is 40.3 Å². The molecule has 9 heteroatoms. The summed E-state index contributed by atoms with van der Waals surface area (Å²) < 4.78 is 41.5. The van der Waals surface area contributed by atoms with Gasteiger partial charge in [0.1, 0.15) is 10.7 Å². The van der Waals surface area contributed by atoms with Crippen LogP contribution in [0.2, 0.25) is 5.02 Å². The van der Waals surface area contributed by atoms with Crippen molar-refractivity contribution in [2.24, 2.45) is 0 Å². The molecule has 0 saturated carbocycles. The predicted octanol–water partition coefficient (Wildman–Crippen LogP) is 4.19. The molecule has 34 heavy (non-hydrogen) atoms. The summed E-state index contributed by atoms with van der Waals surface area (Å²) in [7, 11) is -3.90. The standard InChI is InChI=1S/C25H23ClFN3O3S/c26-22-10-5-19(25(31)30-12-11-18-3-1-2-4-23(18)30)17-24(22)34(32,33)29-15-13-28(14-16-29)21-8-6-20(27)7-9-21/h1-10,17H,11-16H2. The minimum Gasteiger partial charge on any atom is -0.369 e. The lowest BCUT2D eigenvalue weighted by Crippen LogP contribution is -2.48. The fourth-order valence-electron chi connectivity index (χ4n) is 4.52. The molecule has 2 heterocycles. The number of anilines is 2. The largest absolute Gasteiger partial charge is 0.369 e. The molecule has 3 aromatic rings. The molecule has 0 unspecified atom stereocenters. The van der Waals surface area contributed by atoms with Crippen LogP contribution in [-0.4, -0.2) is 51.4 Å². The number of rotatable bonds is 4. The molecule has 1 amide bonds. The highest BCUT2D eigenvalue weighted by molar-refractivity contribution is 7.89. The van der Waals surface area contributed by atoms with E-state index in [0.29, 0.717) is 19.6 Å². The number of carbonyl (C=O) groups excluding carboxylic acids is 1. The maximum absolute atomic E-state index is 13.4. The molecule has 0 aliphatic carbocycles. The first-order valence-electron chi connectivity index (χ1n) is 11.0. The summed E-state index contributed by atoms with van der Waals surface area (Å²) in [6.45, 7) is 1.99. The minimum absolute atomic E-state index is 0.0669. The molecule has 0 bridgehead atoms. The SMILES string of the molecule is O=C(c1ccc(Cl)c(S(=O)(=O)N2CCN(c3ccc(F)cc3)CC2)c1)N1CCc2ccccc21. The van der Waals surface area contributed by atoms with E-state index in [9.17, 15) is 17.6 Å². The molecule has 2 aliphatic heterocycles. The number of amides is 1. The van der Waals surface area contributed by atoms with Crippen molar-refractivity contribution in [1.82, 2.24) is 4.31 Å². The number of nitrogens with zero attached hydrogens (tertiary/aromatic N) is 3. The number of halogens is 2. The van der Waals surface area contributed by atoms with Crippen molar-refractivity contribution >= 4 is 38.9 Å². The van der Waals surface area contributed by atoms with E-state index >= 15 is 0 Å². The number of hydrogen-bond donors (Lipinski definition) is 0. The van der Waals surface area contributed by atoms with Crippen LogP contribution in [0.4, 0.5) is 15.8 Å².